The summed E-state index contributed by atoms with van der Waals surface area (Å²) in [7, 11) is -3.70. The number of carbonyl (C=O) groups is 1. The van der Waals surface area contributed by atoms with E-state index in [0.29, 0.717) is 12.2 Å². The standard InChI is InChI=1S/C15H20N2O4S/c1-2-9-16-14-8-7-12(10-13(14)15(18)19)22(20,21)17-11-5-3-4-6-11/h2,7-8,10-11,16-17H,1,3-6,9H2,(H,18,19). The molecule has 2 rings (SSSR count). The van der Waals surface area contributed by atoms with Gasteiger partial charge in [0.05, 0.1) is 10.5 Å². The average molecular weight is 324 g/mol. The first-order chi connectivity index (χ1) is 10.4. The zero-order valence-electron chi connectivity index (χ0n) is 12.2. The highest BCUT2D eigenvalue weighted by Crippen LogP contribution is 2.23. The van der Waals surface area contributed by atoms with E-state index in [0.717, 1.165) is 25.7 Å². The van der Waals surface area contributed by atoms with E-state index in [2.05, 4.69) is 16.6 Å². The fourth-order valence-electron chi connectivity index (χ4n) is 2.53. The van der Waals surface area contributed by atoms with Gasteiger partial charge in [0, 0.05) is 18.3 Å². The van der Waals surface area contributed by atoms with E-state index in [-0.39, 0.29) is 16.5 Å². The third-order valence-corrected chi connectivity index (χ3v) is 5.16. The predicted octanol–water partition coefficient (Wildman–Crippen LogP) is 2.20. The lowest BCUT2D eigenvalue weighted by Crippen LogP contribution is -2.32. The van der Waals surface area contributed by atoms with Crippen LogP contribution in [0.2, 0.25) is 0 Å². The Morgan fingerprint density at radius 1 is 1.36 bits per heavy atom. The van der Waals surface area contributed by atoms with Gasteiger partial charge in [-0.3, -0.25) is 0 Å². The monoisotopic (exact) mass is 324 g/mol. The van der Waals surface area contributed by atoms with Gasteiger partial charge in [0.2, 0.25) is 10.0 Å². The maximum atomic E-state index is 12.3. The molecule has 0 heterocycles. The Balaban J connectivity index is 2.28. The summed E-state index contributed by atoms with van der Waals surface area (Å²) in [6.45, 7) is 3.94. The summed E-state index contributed by atoms with van der Waals surface area (Å²) in [5, 5.41) is 12.1. The van der Waals surface area contributed by atoms with Crippen molar-refractivity contribution >= 4 is 21.7 Å². The molecule has 22 heavy (non-hydrogen) atoms. The first kappa shape index (κ1) is 16.5. The topological polar surface area (TPSA) is 95.5 Å². The molecule has 0 spiro atoms. The van der Waals surface area contributed by atoms with Gasteiger partial charge >= 0.3 is 5.97 Å². The van der Waals surface area contributed by atoms with E-state index >= 15 is 0 Å². The Bertz CT molecular complexity index is 664. The molecule has 1 aliphatic carbocycles. The van der Waals surface area contributed by atoms with Crippen LogP contribution in [0.1, 0.15) is 36.0 Å². The van der Waals surface area contributed by atoms with E-state index in [1.54, 1.807) is 6.08 Å². The Morgan fingerprint density at radius 2 is 2.05 bits per heavy atom. The molecule has 3 N–H and O–H groups in total. The summed E-state index contributed by atoms with van der Waals surface area (Å²) < 4.78 is 27.3. The minimum absolute atomic E-state index is 0.0269. The largest absolute Gasteiger partial charge is 0.478 e. The summed E-state index contributed by atoms with van der Waals surface area (Å²) in [4.78, 5) is 11.3. The molecule has 7 heteroatoms. The number of aromatic carboxylic acids is 1. The molecule has 120 valence electrons. The molecular weight excluding hydrogens is 304 g/mol. The Morgan fingerprint density at radius 3 is 2.64 bits per heavy atom. The van der Waals surface area contributed by atoms with Crippen molar-refractivity contribution in [3.8, 4) is 0 Å². The molecule has 1 saturated carbocycles. The van der Waals surface area contributed by atoms with E-state index < -0.39 is 16.0 Å². The second kappa shape index (κ2) is 6.93. The van der Waals surface area contributed by atoms with Gasteiger partial charge in [-0.05, 0) is 31.0 Å². The normalized spacial score (nSPS) is 15.6. The number of carboxylic acid groups (broad SMARTS) is 1. The highest BCUT2D eigenvalue weighted by Gasteiger charge is 2.24. The van der Waals surface area contributed by atoms with Gasteiger partial charge < -0.3 is 10.4 Å². The molecule has 0 unspecified atom stereocenters. The number of rotatable bonds is 7. The van der Waals surface area contributed by atoms with Crippen molar-refractivity contribution in [1.82, 2.24) is 4.72 Å². The summed E-state index contributed by atoms with van der Waals surface area (Å²) >= 11 is 0. The van der Waals surface area contributed by atoms with E-state index in [9.17, 15) is 18.3 Å². The molecule has 1 aliphatic rings. The maximum absolute atomic E-state index is 12.3. The Labute approximate surface area is 130 Å². The number of nitrogens with one attached hydrogen (secondary N) is 2. The van der Waals surface area contributed by atoms with Gasteiger partial charge in [-0.15, -0.1) is 6.58 Å². The average Bonchev–Trinajstić information content (AvgIpc) is 2.96. The maximum Gasteiger partial charge on any atom is 0.337 e. The number of anilines is 1. The number of hydrogen-bond donors (Lipinski definition) is 3. The highest BCUT2D eigenvalue weighted by atomic mass is 32.2. The molecule has 0 bridgehead atoms. The van der Waals surface area contributed by atoms with Gasteiger partial charge in [-0.1, -0.05) is 18.9 Å². The lowest BCUT2D eigenvalue weighted by atomic mass is 10.2. The van der Waals surface area contributed by atoms with Crippen molar-refractivity contribution in [2.45, 2.75) is 36.6 Å². The number of carboxylic acids is 1. The second-order valence-electron chi connectivity index (χ2n) is 5.28. The van der Waals surface area contributed by atoms with Crippen LogP contribution in [0.5, 0.6) is 0 Å². The fraction of sp³-hybridized carbons (Fsp3) is 0.400. The molecule has 0 atom stereocenters. The van der Waals surface area contributed by atoms with Gasteiger partial charge in [-0.25, -0.2) is 17.9 Å². The highest BCUT2D eigenvalue weighted by molar-refractivity contribution is 7.89. The van der Waals surface area contributed by atoms with E-state index in [1.165, 1.54) is 18.2 Å². The predicted molar refractivity (Wildman–Crippen MR) is 84.7 cm³/mol. The zero-order chi connectivity index (χ0) is 16.2. The van der Waals surface area contributed by atoms with Crippen LogP contribution >= 0.6 is 0 Å². The molecule has 0 aliphatic heterocycles. The molecule has 0 amide bonds. The Hall–Kier alpha value is -1.86. The molecule has 6 nitrogen and oxygen atoms in total. The summed E-state index contributed by atoms with van der Waals surface area (Å²) in [6, 6.07) is 4.01. The first-order valence-electron chi connectivity index (χ1n) is 7.18. The fourth-order valence-corrected chi connectivity index (χ4v) is 3.87. The van der Waals surface area contributed by atoms with Crippen molar-refractivity contribution in [1.29, 1.82) is 0 Å². The quantitative estimate of drug-likeness (QED) is 0.668. The summed E-state index contributed by atoms with van der Waals surface area (Å²) in [6.07, 6.45) is 5.27. The van der Waals surface area contributed by atoms with Crippen LogP contribution in [0.4, 0.5) is 5.69 Å². The van der Waals surface area contributed by atoms with Gasteiger partial charge in [-0.2, -0.15) is 0 Å². The first-order valence-corrected chi connectivity index (χ1v) is 8.67. The summed E-state index contributed by atoms with van der Waals surface area (Å²) in [5.41, 5.74) is 0.295. The molecule has 1 fully saturated rings. The van der Waals surface area contributed by atoms with Crippen LogP contribution in [-0.2, 0) is 10.0 Å². The van der Waals surface area contributed by atoms with Crippen molar-refractivity contribution in [3.05, 3.63) is 36.4 Å². The van der Waals surface area contributed by atoms with Crippen molar-refractivity contribution in [2.24, 2.45) is 0 Å². The molecule has 0 saturated heterocycles. The second-order valence-corrected chi connectivity index (χ2v) is 7.00. The summed E-state index contributed by atoms with van der Waals surface area (Å²) in [5.74, 6) is -1.18. The van der Waals surface area contributed by atoms with Crippen LogP contribution in [0.25, 0.3) is 0 Å². The smallest absolute Gasteiger partial charge is 0.337 e. The minimum atomic E-state index is -3.70. The number of benzene rings is 1. The van der Waals surface area contributed by atoms with Crippen LogP contribution in [0.3, 0.4) is 0 Å². The number of hydrogen-bond acceptors (Lipinski definition) is 4. The lowest BCUT2D eigenvalue weighted by molar-refractivity contribution is 0.0697. The van der Waals surface area contributed by atoms with E-state index in [1.807, 2.05) is 0 Å². The van der Waals surface area contributed by atoms with Crippen LogP contribution in [0, 0.1) is 0 Å². The minimum Gasteiger partial charge on any atom is -0.478 e. The third kappa shape index (κ3) is 3.86. The molecule has 1 aromatic rings. The molecule has 1 aromatic carbocycles. The molecular formula is C15H20N2O4S. The van der Waals surface area contributed by atoms with E-state index in [4.69, 9.17) is 0 Å². The number of sulfonamides is 1. The molecule has 0 aromatic heterocycles. The van der Waals surface area contributed by atoms with Gasteiger partial charge in [0.15, 0.2) is 0 Å². The zero-order valence-corrected chi connectivity index (χ0v) is 13.0. The Kier molecular flexibility index (Phi) is 5.20. The lowest BCUT2D eigenvalue weighted by Gasteiger charge is -2.14. The molecule has 0 radical (unpaired) electrons. The van der Waals surface area contributed by atoms with Crippen molar-refractivity contribution in [2.75, 3.05) is 11.9 Å². The third-order valence-electron chi connectivity index (χ3n) is 3.65. The van der Waals surface area contributed by atoms with Gasteiger partial charge in [0.1, 0.15) is 0 Å². The van der Waals surface area contributed by atoms with Gasteiger partial charge in [0.25, 0.3) is 0 Å². The van der Waals surface area contributed by atoms with Crippen molar-refractivity contribution in [3.63, 3.8) is 0 Å². The van der Waals surface area contributed by atoms with Crippen LogP contribution in [-0.4, -0.2) is 32.1 Å². The van der Waals surface area contributed by atoms with Crippen LogP contribution < -0.4 is 10.0 Å². The van der Waals surface area contributed by atoms with Crippen LogP contribution in [0.15, 0.2) is 35.7 Å². The SMILES string of the molecule is C=CCNc1ccc(S(=O)(=O)NC2CCCC2)cc1C(=O)O. The van der Waals surface area contributed by atoms with Crippen molar-refractivity contribution < 1.29 is 18.3 Å².